The predicted octanol–water partition coefficient (Wildman–Crippen LogP) is 4.94. The highest BCUT2D eigenvalue weighted by Gasteiger charge is 2.30. The summed E-state index contributed by atoms with van der Waals surface area (Å²) in [6, 6.07) is 13.7. The van der Waals surface area contributed by atoms with Gasteiger partial charge in [-0.3, -0.25) is 4.79 Å². The molecule has 0 fully saturated rings. The number of methoxy groups -OCH3 is 1. The van der Waals surface area contributed by atoms with Gasteiger partial charge in [-0.15, -0.1) is 11.8 Å². The molecule has 1 aromatic heterocycles. The molecule has 152 valence electrons. The van der Waals surface area contributed by atoms with Crippen molar-refractivity contribution in [1.29, 1.82) is 0 Å². The summed E-state index contributed by atoms with van der Waals surface area (Å²) in [6.07, 6.45) is -4.46. The van der Waals surface area contributed by atoms with Crippen LogP contribution in [0.1, 0.15) is 11.3 Å². The third-order valence-corrected chi connectivity index (χ3v) is 4.92. The summed E-state index contributed by atoms with van der Waals surface area (Å²) in [5, 5.41) is 6.92. The minimum absolute atomic E-state index is 0.125. The standard InChI is InChI=1S/C20H18F3N3O2S/c1-13-9-18(24-19(27)12-29-17-8-4-7-16(11-17)28-2)26(25-13)15-6-3-5-14(10-15)20(21,22)23/h3-11H,12H2,1-2H3,(H,24,27). The van der Waals surface area contributed by atoms with Gasteiger partial charge in [0.1, 0.15) is 11.6 Å². The van der Waals surface area contributed by atoms with Crippen molar-refractivity contribution >= 4 is 23.5 Å². The van der Waals surface area contributed by atoms with E-state index in [1.165, 1.54) is 28.6 Å². The monoisotopic (exact) mass is 421 g/mol. The van der Waals surface area contributed by atoms with Crippen LogP contribution in [0, 0.1) is 6.92 Å². The van der Waals surface area contributed by atoms with Crippen LogP contribution in [0.5, 0.6) is 5.75 Å². The molecule has 0 unspecified atom stereocenters. The second kappa shape index (κ2) is 8.60. The summed E-state index contributed by atoms with van der Waals surface area (Å²) in [6.45, 7) is 1.70. The van der Waals surface area contributed by atoms with Gasteiger partial charge in [0.2, 0.25) is 5.91 Å². The zero-order valence-electron chi connectivity index (χ0n) is 15.7. The Morgan fingerprint density at radius 2 is 1.93 bits per heavy atom. The van der Waals surface area contributed by atoms with Gasteiger partial charge in [-0.05, 0) is 43.3 Å². The van der Waals surface area contributed by atoms with Crippen molar-refractivity contribution in [3.63, 3.8) is 0 Å². The minimum atomic E-state index is -4.46. The number of anilines is 1. The molecule has 0 aliphatic rings. The summed E-state index contributed by atoms with van der Waals surface area (Å²) in [5.41, 5.74) is -0.00385. The fourth-order valence-electron chi connectivity index (χ4n) is 2.62. The number of hydrogen-bond donors (Lipinski definition) is 1. The van der Waals surface area contributed by atoms with E-state index in [9.17, 15) is 18.0 Å². The molecule has 1 heterocycles. The number of halogens is 3. The van der Waals surface area contributed by atoms with Crippen molar-refractivity contribution in [3.8, 4) is 11.4 Å². The molecule has 9 heteroatoms. The number of aromatic nitrogens is 2. The van der Waals surface area contributed by atoms with E-state index in [2.05, 4.69) is 10.4 Å². The molecular formula is C20H18F3N3O2S. The van der Waals surface area contributed by atoms with Gasteiger partial charge < -0.3 is 10.1 Å². The lowest BCUT2D eigenvalue weighted by molar-refractivity contribution is -0.137. The van der Waals surface area contributed by atoms with E-state index in [1.807, 2.05) is 18.2 Å². The second-order valence-electron chi connectivity index (χ2n) is 6.15. The van der Waals surface area contributed by atoms with E-state index in [0.717, 1.165) is 17.0 Å². The van der Waals surface area contributed by atoms with Gasteiger partial charge in [0.05, 0.1) is 29.8 Å². The number of thioether (sulfide) groups is 1. The molecule has 0 aliphatic carbocycles. The van der Waals surface area contributed by atoms with E-state index < -0.39 is 11.7 Å². The molecule has 5 nitrogen and oxygen atoms in total. The van der Waals surface area contributed by atoms with Gasteiger partial charge in [-0.25, -0.2) is 4.68 Å². The molecular weight excluding hydrogens is 403 g/mol. The van der Waals surface area contributed by atoms with Crippen LogP contribution in [0.3, 0.4) is 0 Å². The van der Waals surface area contributed by atoms with Crippen LogP contribution < -0.4 is 10.1 Å². The number of carbonyl (C=O) groups is 1. The van der Waals surface area contributed by atoms with Crippen molar-refractivity contribution in [2.75, 3.05) is 18.2 Å². The summed E-state index contributed by atoms with van der Waals surface area (Å²) >= 11 is 1.32. The number of amides is 1. The molecule has 0 aliphatic heterocycles. The molecule has 0 saturated heterocycles. The number of carbonyl (C=O) groups excluding carboxylic acids is 1. The summed E-state index contributed by atoms with van der Waals surface area (Å²) in [4.78, 5) is 13.2. The summed E-state index contributed by atoms with van der Waals surface area (Å²) in [7, 11) is 1.56. The van der Waals surface area contributed by atoms with E-state index in [4.69, 9.17) is 4.74 Å². The van der Waals surface area contributed by atoms with Crippen molar-refractivity contribution in [2.24, 2.45) is 0 Å². The molecule has 0 bridgehead atoms. The number of rotatable bonds is 6. The zero-order chi connectivity index (χ0) is 21.0. The number of nitrogens with zero attached hydrogens (tertiary/aromatic N) is 2. The Hall–Kier alpha value is -2.94. The molecule has 2 aromatic carbocycles. The van der Waals surface area contributed by atoms with Gasteiger partial charge in [0.15, 0.2) is 0 Å². The number of aryl methyl sites for hydroxylation is 1. The Bertz CT molecular complexity index is 1020. The van der Waals surface area contributed by atoms with Gasteiger partial charge in [-0.2, -0.15) is 18.3 Å². The van der Waals surface area contributed by atoms with Gasteiger partial charge in [0.25, 0.3) is 0 Å². The van der Waals surface area contributed by atoms with Gasteiger partial charge >= 0.3 is 6.18 Å². The van der Waals surface area contributed by atoms with Crippen molar-refractivity contribution < 1.29 is 22.7 Å². The molecule has 29 heavy (non-hydrogen) atoms. The fourth-order valence-corrected chi connectivity index (χ4v) is 3.36. The number of ether oxygens (including phenoxy) is 1. The Morgan fingerprint density at radius 1 is 1.17 bits per heavy atom. The van der Waals surface area contributed by atoms with E-state index in [1.54, 1.807) is 26.2 Å². The third kappa shape index (κ3) is 5.32. The predicted molar refractivity (Wildman–Crippen MR) is 106 cm³/mol. The number of hydrogen-bond acceptors (Lipinski definition) is 4. The number of alkyl halides is 3. The van der Waals surface area contributed by atoms with Crippen LogP contribution in [0.4, 0.5) is 19.0 Å². The maximum absolute atomic E-state index is 13.0. The minimum Gasteiger partial charge on any atom is -0.497 e. The normalized spacial score (nSPS) is 11.3. The van der Waals surface area contributed by atoms with E-state index in [0.29, 0.717) is 17.3 Å². The van der Waals surface area contributed by atoms with E-state index >= 15 is 0 Å². The van der Waals surface area contributed by atoms with Crippen LogP contribution in [-0.4, -0.2) is 28.6 Å². The number of benzene rings is 2. The van der Waals surface area contributed by atoms with Crippen LogP contribution in [0.25, 0.3) is 5.69 Å². The second-order valence-corrected chi connectivity index (χ2v) is 7.20. The van der Waals surface area contributed by atoms with Crippen LogP contribution >= 0.6 is 11.8 Å². The Kier molecular flexibility index (Phi) is 6.17. The fraction of sp³-hybridized carbons (Fsp3) is 0.200. The quantitative estimate of drug-likeness (QED) is 0.573. The molecule has 1 N–H and O–H groups in total. The smallest absolute Gasteiger partial charge is 0.416 e. The molecule has 3 rings (SSSR count). The summed E-state index contributed by atoms with van der Waals surface area (Å²) < 4.78 is 45.5. The highest BCUT2D eigenvalue weighted by molar-refractivity contribution is 8.00. The highest BCUT2D eigenvalue weighted by atomic mass is 32.2. The molecule has 3 aromatic rings. The first-order valence-electron chi connectivity index (χ1n) is 8.57. The molecule has 0 radical (unpaired) electrons. The van der Waals surface area contributed by atoms with Crippen LogP contribution in [0.15, 0.2) is 59.5 Å². The molecule has 0 atom stereocenters. The van der Waals surface area contributed by atoms with Crippen LogP contribution in [0.2, 0.25) is 0 Å². The highest BCUT2D eigenvalue weighted by Crippen LogP contribution is 2.31. The number of nitrogens with one attached hydrogen (secondary N) is 1. The SMILES string of the molecule is COc1cccc(SCC(=O)Nc2cc(C)nn2-c2cccc(C(F)(F)F)c2)c1. The lowest BCUT2D eigenvalue weighted by Gasteiger charge is -2.12. The van der Waals surface area contributed by atoms with Crippen molar-refractivity contribution in [3.05, 3.63) is 65.9 Å². The van der Waals surface area contributed by atoms with Gasteiger partial charge in [0, 0.05) is 11.0 Å². The van der Waals surface area contributed by atoms with Crippen molar-refractivity contribution in [1.82, 2.24) is 9.78 Å². The van der Waals surface area contributed by atoms with Crippen LogP contribution in [-0.2, 0) is 11.0 Å². The summed E-state index contributed by atoms with van der Waals surface area (Å²) in [5.74, 6) is 0.817. The first kappa shape index (κ1) is 20.8. The first-order valence-corrected chi connectivity index (χ1v) is 9.56. The molecule has 0 spiro atoms. The largest absolute Gasteiger partial charge is 0.497 e. The van der Waals surface area contributed by atoms with Crippen molar-refractivity contribution in [2.45, 2.75) is 18.0 Å². The first-order chi connectivity index (χ1) is 13.8. The average molecular weight is 421 g/mol. The maximum atomic E-state index is 13.0. The van der Waals surface area contributed by atoms with E-state index in [-0.39, 0.29) is 17.3 Å². The molecule has 1 amide bonds. The topological polar surface area (TPSA) is 56.1 Å². The lowest BCUT2D eigenvalue weighted by atomic mass is 10.2. The maximum Gasteiger partial charge on any atom is 0.416 e. The molecule has 0 saturated carbocycles. The Balaban J connectivity index is 1.74. The lowest BCUT2D eigenvalue weighted by Crippen LogP contribution is -2.17. The Morgan fingerprint density at radius 3 is 2.66 bits per heavy atom. The van der Waals surface area contributed by atoms with Gasteiger partial charge in [-0.1, -0.05) is 12.1 Å². The third-order valence-electron chi connectivity index (χ3n) is 3.93. The average Bonchev–Trinajstić information content (AvgIpc) is 3.06. The Labute approximate surface area is 169 Å². The zero-order valence-corrected chi connectivity index (χ0v) is 16.5.